The van der Waals surface area contributed by atoms with E-state index in [9.17, 15) is 4.39 Å². The average Bonchev–Trinajstić information content (AvgIpc) is 2.56. The molecular formula is C16H17FN4S2. The second-order valence-electron chi connectivity index (χ2n) is 4.72. The number of rotatable bonds is 3. The van der Waals surface area contributed by atoms with Gasteiger partial charge in [-0.25, -0.2) is 4.39 Å². The number of halogens is 1. The maximum atomic E-state index is 12.8. The van der Waals surface area contributed by atoms with Crippen molar-refractivity contribution in [2.75, 3.05) is 10.6 Å². The van der Waals surface area contributed by atoms with Crippen LogP contribution in [0.4, 0.5) is 15.8 Å². The topological polar surface area (TPSA) is 48.1 Å². The van der Waals surface area contributed by atoms with Crippen LogP contribution in [0.1, 0.15) is 12.5 Å². The van der Waals surface area contributed by atoms with Crippen LogP contribution in [-0.2, 0) is 6.42 Å². The Labute approximate surface area is 145 Å². The van der Waals surface area contributed by atoms with Crippen LogP contribution in [0.3, 0.4) is 0 Å². The smallest absolute Gasteiger partial charge is 0.189 e. The lowest BCUT2D eigenvalue weighted by Crippen LogP contribution is -2.45. The molecule has 0 saturated heterocycles. The predicted molar refractivity (Wildman–Crippen MR) is 101 cm³/mol. The molecule has 2 rings (SSSR count). The molecule has 0 aromatic heterocycles. The maximum absolute atomic E-state index is 12.8. The number of thiocarbonyl (C=S) groups is 2. The summed E-state index contributed by atoms with van der Waals surface area (Å²) < 4.78 is 12.8. The van der Waals surface area contributed by atoms with Gasteiger partial charge < -0.3 is 10.6 Å². The molecule has 120 valence electrons. The van der Waals surface area contributed by atoms with Gasteiger partial charge in [-0.3, -0.25) is 10.9 Å². The van der Waals surface area contributed by atoms with Crippen molar-refractivity contribution in [2.45, 2.75) is 13.3 Å². The molecule has 0 saturated carbocycles. The zero-order valence-electron chi connectivity index (χ0n) is 12.5. The van der Waals surface area contributed by atoms with E-state index in [0.29, 0.717) is 15.9 Å². The Balaban J connectivity index is 1.76. The molecule has 7 heteroatoms. The summed E-state index contributed by atoms with van der Waals surface area (Å²) in [6, 6.07) is 13.9. The van der Waals surface area contributed by atoms with Gasteiger partial charge in [-0.15, -0.1) is 0 Å². The van der Waals surface area contributed by atoms with Crippen molar-refractivity contribution in [3.8, 4) is 0 Å². The normalized spacial score (nSPS) is 9.83. The van der Waals surface area contributed by atoms with E-state index in [1.165, 1.54) is 17.7 Å². The van der Waals surface area contributed by atoms with Gasteiger partial charge >= 0.3 is 0 Å². The van der Waals surface area contributed by atoms with Crippen molar-refractivity contribution in [3.63, 3.8) is 0 Å². The molecule has 2 aromatic carbocycles. The third kappa shape index (κ3) is 5.80. The van der Waals surface area contributed by atoms with Crippen LogP contribution in [0.5, 0.6) is 0 Å². The fraction of sp³-hybridized carbons (Fsp3) is 0.125. The number of anilines is 2. The molecule has 0 atom stereocenters. The molecule has 0 bridgehead atoms. The summed E-state index contributed by atoms with van der Waals surface area (Å²) in [4.78, 5) is 0. The minimum atomic E-state index is -0.299. The molecule has 0 spiro atoms. The van der Waals surface area contributed by atoms with E-state index in [4.69, 9.17) is 24.4 Å². The van der Waals surface area contributed by atoms with Crippen molar-refractivity contribution in [1.29, 1.82) is 0 Å². The van der Waals surface area contributed by atoms with Crippen molar-refractivity contribution in [3.05, 3.63) is 59.9 Å². The summed E-state index contributed by atoms with van der Waals surface area (Å²) in [6.07, 6.45) is 0.994. The van der Waals surface area contributed by atoms with Crippen LogP contribution in [0, 0.1) is 5.82 Å². The molecule has 0 fully saturated rings. The highest BCUT2D eigenvalue weighted by molar-refractivity contribution is 7.81. The first-order valence-electron chi connectivity index (χ1n) is 7.05. The van der Waals surface area contributed by atoms with Crippen LogP contribution in [-0.4, -0.2) is 10.2 Å². The molecule has 0 amide bonds. The van der Waals surface area contributed by atoms with Crippen molar-refractivity contribution in [1.82, 2.24) is 10.9 Å². The quantitative estimate of drug-likeness (QED) is 0.502. The van der Waals surface area contributed by atoms with Gasteiger partial charge in [0.15, 0.2) is 10.2 Å². The lowest BCUT2D eigenvalue weighted by molar-refractivity contribution is 0.628. The second-order valence-corrected chi connectivity index (χ2v) is 5.53. The largest absolute Gasteiger partial charge is 0.331 e. The monoisotopic (exact) mass is 348 g/mol. The molecule has 2 aromatic rings. The van der Waals surface area contributed by atoms with E-state index < -0.39 is 0 Å². The van der Waals surface area contributed by atoms with E-state index in [-0.39, 0.29) is 5.82 Å². The first-order valence-corrected chi connectivity index (χ1v) is 7.87. The number of hydrazine groups is 1. The minimum absolute atomic E-state index is 0.299. The Morgan fingerprint density at radius 2 is 1.26 bits per heavy atom. The average molecular weight is 348 g/mol. The van der Waals surface area contributed by atoms with Gasteiger partial charge in [0.2, 0.25) is 0 Å². The van der Waals surface area contributed by atoms with E-state index >= 15 is 0 Å². The van der Waals surface area contributed by atoms with Crippen LogP contribution in [0.2, 0.25) is 0 Å². The summed E-state index contributed by atoms with van der Waals surface area (Å²) in [5.74, 6) is -0.299. The molecule has 4 nitrogen and oxygen atoms in total. The second kappa shape index (κ2) is 8.40. The highest BCUT2D eigenvalue weighted by atomic mass is 32.1. The summed E-state index contributed by atoms with van der Waals surface area (Å²) in [5, 5.41) is 6.66. The molecule has 0 aliphatic carbocycles. The third-order valence-corrected chi connectivity index (χ3v) is 3.42. The Kier molecular flexibility index (Phi) is 6.25. The van der Waals surface area contributed by atoms with E-state index in [1.807, 2.05) is 24.3 Å². The summed E-state index contributed by atoms with van der Waals surface area (Å²) in [6.45, 7) is 2.10. The SMILES string of the molecule is CCc1ccc(NC(=S)NNC(=S)Nc2ccc(F)cc2)cc1. The number of hydrogen-bond acceptors (Lipinski definition) is 2. The zero-order chi connectivity index (χ0) is 16.7. The Morgan fingerprint density at radius 1 is 0.826 bits per heavy atom. The molecule has 4 N–H and O–H groups in total. The van der Waals surface area contributed by atoms with Gasteiger partial charge in [0.25, 0.3) is 0 Å². The van der Waals surface area contributed by atoms with Gasteiger partial charge in [0, 0.05) is 11.4 Å². The van der Waals surface area contributed by atoms with E-state index in [1.54, 1.807) is 12.1 Å². The lowest BCUT2D eigenvalue weighted by atomic mass is 10.1. The van der Waals surface area contributed by atoms with Crippen molar-refractivity contribution in [2.24, 2.45) is 0 Å². The summed E-state index contributed by atoms with van der Waals surface area (Å²) in [7, 11) is 0. The number of nitrogens with one attached hydrogen (secondary N) is 4. The fourth-order valence-electron chi connectivity index (χ4n) is 1.80. The number of benzene rings is 2. The summed E-state index contributed by atoms with van der Waals surface area (Å²) in [5.41, 5.74) is 8.37. The fourth-order valence-corrected chi connectivity index (χ4v) is 2.13. The third-order valence-electron chi connectivity index (χ3n) is 3.01. The molecule has 23 heavy (non-hydrogen) atoms. The molecule has 0 radical (unpaired) electrons. The standard InChI is InChI=1S/C16H17FN4S2/c1-2-11-3-7-13(8-4-11)18-15(22)20-21-16(23)19-14-9-5-12(17)6-10-14/h3-10H,2H2,1H3,(H2,18,20,22)(H2,19,21,23). The maximum Gasteiger partial charge on any atom is 0.189 e. The minimum Gasteiger partial charge on any atom is -0.331 e. The van der Waals surface area contributed by atoms with Gasteiger partial charge in [0.05, 0.1) is 0 Å². The highest BCUT2D eigenvalue weighted by Gasteiger charge is 2.00. The van der Waals surface area contributed by atoms with E-state index in [0.717, 1.165) is 12.1 Å². The Hall–Kier alpha value is -2.25. The molecule has 0 unspecified atom stereocenters. The van der Waals surface area contributed by atoms with E-state index in [2.05, 4.69) is 28.4 Å². The first-order chi connectivity index (χ1) is 11.1. The molecule has 0 aliphatic heterocycles. The van der Waals surface area contributed by atoms with Crippen molar-refractivity contribution < 1.29 is 4.39 Å². The molecular weight excluding hydrogens is 331 g/mol. The lowest BCUT2D eigenvalue weighted by Gasteiger charge is -2.14. The highest BCUT2D eigenvalue weighted by Crippen LogP contribution is 2.10. The summed E-state index contributed by atoms with van der Waals surface area (Å²) >= 11 is 10.3. The van der Waals surface area contributed by atoms with Crippen LogP contribution >= 0.6 is 24.4 Å². The van der Waals surface area contributed by atoms with Crippen LogP contribution in [0.25, 0.3) is 0 Å². The van der Waals surface area contributed by atoms with Crippen LogP contribution in [0.15, 0.2) is 48.5 Å². The van der Waals surface area contributed by atoms with Gasteiger partial charge in [-0.2, -0.15) is 0 Å². The van der Waals surface area contributed by atoms with Crippen molar-refractivity contribution >= 4 is 46.0 Å². The van der Waals surface area contributed by atoms with Gasteiger partial charge in [-0.05, 0) is 72.8 Å². The number of hydrogen-bond donors (Lipinski definition) is 4. The van der Waals surface area contributed by atoms with Gasteiger partial charge in [-0.1, -0.05) is 19.1 Å². The predicted octanol–water partition coefficient (Wildman–Crippen LogP) is 3.58. The Bertz CT molecular complexity index is 671. The molecule has 0 heterocycles. The van der Waals surface area contributed by atoms with Gasteiger partial charge in [0.1, 0.15) is 5.82 Å². The molecule has 0 aliphatic rings. The Morgan fingerprint density at radius 3 is 1.70 bits per heavy atom. The zero-order valence-corrected chi connectivity index (χ0v) is 14.2. The van der Waals surface area contributed by atoms with Crippen LogP contribution < -0.4 is 21.5 Å². The number of aryl methyl sites for hydroxylation is 1. The first kappa shape index (κ1) is 17.1.